The first-order valence-corrected chi connectivity index (χ1v) is 35.9. The minimum atomic E-state index is -1.29. The Balaban J connectivity index is 0.000000187. The van der Waals surface area contributed by atoms with Gasteiger partial charge in [0.15, 0.2) is 11.6 Å². The summed E-state index contributed by atoms with van der Waals surface area (Å²) >= 11 is 3.50. The van der Waals surface area contributed by atoms with E-state index in [1.54, 1.807) is 12.0 Å². The number of piperidine rings is 3. The number of methoxy groups -OCH3 is 1. The fraction of sp³-hybridized carbons (Fsp3) is 0.438. The molecule has 7 aromatic carbocycles. The van der Waals surface area contributed by atoms with Gasteiger partial charge < -0.3 is 50.1 Å². The number of nitrogens with one attached hydrogen (secondary N) is 3. The number of urea groups is 3. The maximum absolute atomic E-state index is 14.1. The summed E-state index contributed by atoms with van der Waals surface area (Å²) < 4.78 is 47.2. The van der Waals surface area contributed by atoms with Crippen molar-refractivity contribution in [2.45, 2.75) is 181 Å². The summed E-state index contributed by atoms with van der Waals surface area (Å²) in [5, 5.41) is 8.77. The number of amides is 6. The predicted octanol–water partition coefficient (Wildman–Crippen LogP) is 19.3. The lowest BCUT2D eigenvalue weighted by molar-refractivity contribution is 0.0987. The number of rotatable bonds is 23. The molecule has 97 heavy (non-hydrogen) atoms. The number of carbonyl (C=O) groups excluding carboxylic acids is 3. The monoisotopic (exact) mass is 1390 g/mol. The quantitative estimate of drug-likeness (QED) is 0.0546. The van der Waals surface area contributed by atoms with E-state index in [1.807, 2.05) is 150 Å². The Kier molecular flexibility index (Phi) is 29.8. The lowest BCUT2D eigenvalue weighted by atomic mass is 10.00. The van der Waals surface area contributed by atoms with Crippen LogP contribution in [0, 0.1) is 24.4 Å². The standard InChI is InChI=1S/C31H39N3O2.C25H34BrN3O.C24H30F3N3O/c1-4-8-24(2)33-21-19-29(20-22-33)34(23-25-9-6-5-7-10-25)31(35)32-28-15-11-26(12-16-28)27-13-17-30(36-3)18-14-27;1-4-8-20(3)28-15-13-23(14-16-28)29(18-21-9-6-5-7-10-21)25(30)27-24-12-11-22(26)17-19(24)2;1-3-7-17(2)29-12-10-19(11-13-29)30(16-18-8-5-4-6-9-18)24(31)28-23-15-21(26)20(25)14-22(23)27/h5-7,9-18,24,29H,4,8,19-23H2,1-3H3,(H,32,35);5-7,9-12,17,20,23H,4,8,13-16,18H2,1-3H3,(H,27,30);4-6,8-9,14-15,17,19H,3,7,10-13,16H2,1-2H3,(H,28,31). The van der Waals surface area contributed by atoms with Gasteiger partial charge in [-0.2, -0.15) is 0 Å². The Bertz CT molecular complexity index is 3500. The first-order valence-electron chi connectivity index (χ1n) is 35.2. The number of halogens is 4. The maximum atomic E-state index is 14.1. The number of hydrogen-bond acceptors (Lipinski definition) is 7. The van der Waals surface area contributed by atoms with E-state index in [0.29, 0.717) is 49.9 Å². The van der Waals surface area contributed by atoms with Crippen molar-refractivity contribution in [1.82, 2.24) is 29.4 Å². The van der Waals surface area contributed by atoms with Crippen LogP contribution in [-0.4, -0.2) is 130 Å². The minimum absolute atomic E-state index is 0.00988. The zero-order chi connectivity index (χ0) is 69.2. The summed E-state index contributed by atoms with van der Waals surface area (Å²) in [4.78, 5) is 53.4. The number of carbonyl (C=O) groups is 3. The van der Waals surface area contributed by atoms with Crippen LogP contribution in [0.5, 0.6) is 5.75 Å². The van der Waals surface area contributed by atoms with Crippen LogP contribution in [0.1, 0.15) is 141 Å². The second kappa shape index (κ2) is 38.4. The van der Waals surface area contributed by atoms with Gasteiger partial charge >= 0.3 is 18.1 Å². The Morgan fingerprint density at radius 2 is 0.814 bits per heavy atom. The molecule has 7 aromatic rings. The number of ether oxygens (including phenoxy) is 1. The van der Waals surface area contributed by atoms with Crippen molar-refractivity contribution in [3.8, 4) is 16.9 Å². The summed E-state index contributed by atoms with van der Waals surface area (Å²) in [5.41, 5.74) is 7.86. The summed E-state index contributed by atoms with van der Waals surface area (Å²) in [5.74, 6) is -2.66. The smallest absolute Gasteiger partial charge is 0.322 e. The molecule has 6 amide bonds. The van der Waals surface area contributed by atoms with Crippen molar-refractivity contribution in [2.75, 3.05) is 62.3 Å². The lowest BCUT2D eigenvalue weighted by Crippen LogP contribution is -2.50. The van der Waals surface area contributed by atoms with E-state index in [2.05, 4.69) is 112 Å². The molecule has 13 nitrogen and oxygen atoms in total. The number of aryl methyl sites for hydroxylation is 1. The minimum Gasteiger partial charge on any atom is -0.497 e. The highest BCUT2D eigenvalue weighted by molar-refractivity contribution is 9.10. The molecule has 3 heterocycles. The van der Waals surface area contributed by atoms with Gasteiger partial charge in [0.05, 0.1) is 12.8 Å². The number of benzene rings is 7. The van der Waals surface area contributed by atoms with E-state index in [4.69, 9.17) is 4.74 Å². The summed E-state index contributed by atoms with van der Waals surface area (Å²) in [6, 6.07) is 54.9. The highest BCUT2D eigenvalue weighted by Gasteiger charge is 2.33. The molecular formula is C80H103BrF3N9O4. The summed E-state index contributed by atoms with van der Waals surface area (Å²) in [6.07, 6.45) is 12.8. The van der Waals surface area contributed by atoms with E-state index in [9.17, 15) is 27.6 Å². The molecule has 3 N–H and O–H groups in total. The fourth-order valence-corrected chi connectivity index (χ4v) is 14.1. The van der Waals surface area contributed by atoms with Crippen LogP contribution in [-0.2, 0) is 19.6 Å². The van der Waals surface area contributed by atoms with Crippen LogP contribution in [0.25, 0.3) is 11.1 Å². The topological polar surface area (TPSA) is 116 Å². The van der Waals surface area contributed by atoms with Crippen LogP contribution < -0.4 is 20.7 Å². The third-order valence-corrected chi connectivity index (χ3v) is 19.9. The van der Waals surface area contributed by atoms with Crippen LogP contribution in [0.3, 0.4) is 0 Å². The molecule has 0 spiro atoms. The normalized spacial score (nSPS) is 15.9. The molecule has 520 valence electrons. The van der Waals surface area contributed by atoms with Crippen LogP contribution in [0.15, 0.2) is 174 Å². The zero-order valence-electron chi connectivity index (χ0n) is 58.3. The molecule has 0 bridgehead atoms. The highest BCUT2D eigenvalue weighted by Crippen LogP contribution is 2.30. The van der Waals surface area contributed by atoms with Crippen molar-refractivity contribution in [3.63, 3.8) is 0 Å². The average Bonchev–Trinajstić information content (AvgIpc) is 0.861. The van der Waals surface area contributed by atoms with Gasteiger partial charge in [-0.1, -0.05) is 171 Å². The number of anilines is 3. The molecule has 3 atom stereocenters. The van der Waals surface area contributed by atoms with Crippen LogP contribution >= 0.6 is 15.9 Å². The Morgan fingerprint density at radius 1 is 0.464 bits per heavy atom. The molecule has 0 aliphatic carbocycles. The Hall–Kier alpha value is -7.70. The first-order chi connectivity index (χ1) is 46.9. The van der Waals surface area contributed by atoms with Crippen molar-refractivity contribution >= 4 is 51.1 Å². The molecule has 3 aliphatic heterocycles. The van der Waals surface area contributed by atoms with E-state index in [0.717, 1.165) is 140 Å². The SMILES string of the molecule is CCCC(C)N1CCC(N(Cc2ccccc2)C(=O)Nc2cc(F)c(F)cc2F)CC1.CCCC(C)N1CCC(N(Cc2ccccc2)C(=O)Nc2ccc(-c3ccc(OC)cc3)cc2)CC1.CCCC(C)N1CCC(N(Cc2ccccc2)C(=O)Nc2ccc(Br)cc2C)CC1. The van der Waals surface area contributed by atoms with Gasteiger partial charge in [0.1, 0.15) is 11.6 Å². The van der Waals surface area contributed by atoms with Crippen molar-refractivity contribution in [1.29, 1.82) is 0 Å². The molecule has 0 radical (unpaired) electrons. The summed E-state index contributed by atoms with van der Waals surface area (Å²) in [7, 11) is 1.67. The molecule has 17 heteroatoms. The van der Waals surface area contributed by atoms with E-state index >= 15 is 0 Å². The molecular weight excluding hydrogens is 1290 g/mol. The molecule has 3 unspecified atom stereocenters. The van der Waals surface area contributed by atoms with Gasteiger partial charge in [0.2, 0.25) is 0 Å². The van der Waals surface area contributed by atoms with Gasteiger partial charge in [0, 0.05) is 123 Å². The van der Waals surface area contributed by atoms with Crippen LogP contribution in [0.4, 0.5) is 44.6 Å². The molecule has 10 rings (SSSR count). The predicted molar refractivity (Wildman–Crippen MR) is 394 cm³/mol. The third kappa shape index (κ3) is 22.7. The third-order valence-electron chi connectivity index (χ3n) is 19.4. The van der Waals surface area contributed by atoms with Gasteiger partial charge in [-0.15, -0.1) is 0 Å². The number of nitrogens with zero attached hydrogens (tertiary/aromatic N) is 6. The molecule has 0 aromatic heterocycles. The maximum Gasteiger partial charge on any atom is 0.322 e. The number of likely N-dealkylation sites (tertiary alicyclic amines) is 3. The van der Waals surface area contributed by atoms with Crippen molar-refractivity contribution < 1.29 is 32.3 Å². The lowest BCUT2D eigenvalue weighted by Gasteiger charge is -2.40. The van der Waals surface area contributed by atoms with Crippen molar-refractivity contribution in [3.05, 3.63) is 214 Å². The van der Waals surface area contributed by atoms with Gasteiger partial charge in [-0.3, -0.25) is 0 Å². The molecule has 0 saturated carbocycles. The first kappa shape index (κ1) is 75.1. The number of hydrogen-bond donors (Lipinski definition) is 3. The van der Waals surface area contributed by atoms with E-state index in [1.165, 1.54) is 31.2 Å². The van der Waals surface area contributed by atoms with Crippen molar-refractivity contribution in [2.24, 2.45) is 0 Å². The van der Waals surface area contributed by atoms with Gasteiger partial charge in [-0.05, 0) is 161 Å². The van der Waals surface area contributed by atoms with Gasteiger partial charge in [-0.25, -0.2) is 27.6 Å². The molecule has 3 saturated heterocycles. The van der Waals surface area contributed by atoms with Gasteiger partial charge in [0.25, 0.3) is 0 Å². The molecule has 3 fully saturated rings. The summed E-state index contributed by atoms with van der Waals surface area (Å²) in [6.45, 7) is 23.1. The highest BCUT2D eigenvalue weighted by atomic mass is 79.9. The van der Waals surface area contributed by atoms with E-state index in [-0.39, 0.29) is 35.9 Å². The van der Waals surface area contributed by atoms with E-state index < -0.39 is 23.5 Å². The average molecular weight is 1390 g/mol. The Morgan fingerprint density at radius 3 is 1.18 bits per heavy atom. The molecule has 3 aliphatic rings. The zero-order valence-corrected chi connectivity index (χ0v) is 59.9. The largest absolute Gasteiger partial charge is 0.497 e. The Labute approximate surface area is 584 Å². The second-order valence-corrected chi connectivity index (χ2v) is 27.3. The van der Waals surface area contributed by atoms with Crippen LogP contribution in [0.2, 0.25) is 0 Å². The second-order valence-electron chi connectivity index (χ2n) is 26.4. The fourth-order valence-electron chi connectivity index (χ4n) is 13.6.